The van der Waals surface area contributed by atoms with Crippen LogP contribution in [-0.4, -0.2) is 24.2 Å². The van der Waals surface area contributed by atoms with Crippen LogP contribution in [0.4, 0.5) is 10.5 Å². The number of aryl methyl sites for hydroxylation is 1. The highest BCUT2D eigenvalue weighted by molar-refractivity contribution is 5.89. The molecule has 0 atom stereocenters. The molecule has 1 heterocycles. The van der Waals surface area contributed by atoms with Gasteiger partial charge in [0.25, 0.3) is 0 Å². The molecular formula is C23H25N3O2. The van der Waals surface area contributed by atoms with Gasteiger partial charge in [-0.25, -0.2) is 4.79 Å². The molecule has 5 heteroatoms. The van der Waals surface area contributed by atoms with Gasteiger partial charge >= 0.3 is 6.03 Å². The van der Waals surface area contributed by atoms with Crippen LogP contribution in [0, 0.1) is 6.92 Å². The molecule has 0 aliphatic heterocycles. The Bertz CT molecular complexity index is 880. The molecule has 144 valence electrons. The van der Waals surface area contributed by atoms with Crippen LogP contribution in [0.5, 0.6) is 5.75 Å². The number of urea groups is 1. The average molecular weight is 375 g/mol. The fourth-order valence-corrected chi connectivity index (χ4v) is 2.74. The molecule has 0 bridgehead atoms. The summed E-state index contributed by atoms with van der Waals surface area (Å²) in [6.07, 6.45) is 3.42. The summed E-state index contributed by atoms with van der Waals surface area (Å²) in [5, 5.41) is 5.70. The van der Waals surface area contributed by atoms with E-state index in [1.807, 2.05) is 67.7 Å². The molecule has 0 radical (unpaired) electrons. The lowest BCUT2D eigenvalue weighted by atomic mass is 10.2. The maximum atomic E-state index is 12.1. The minimum absolute atomic E-state index is 0.235. The number of carbonyl (C=O) groups excluding carboxylic acids is 1. The number of ether oxygens (including phenoxy) is 1. The van der Waals surface area contributed by atoms with Crippen molar-refractivity contribution >= 4 is 11.7 Å². The minimum Gasteiger partial charge on any atom is -0.493 e. The van der Waals surface area contributed by atoms with Gasteiger partial charge in [0.05, 0.1) is 6.61 Å². The van der Waals surface area contributed by atoms with Crippen molar-refractivity contribution in [2.45, 2.75) is 19.8 Å². The predicted octanol–water partition coefficient (Wildman–Crippen LogP) is 4.38. The van der Waals surface area contributed by atoms with Gasteiger partial charge in [0.2, 0.25) is 0 Å². The van der Waals surface area contributed by atoms with E-state index in [0.717, 1.165) is 29.8 Å². The largest absolute Gasteiger partial charge is 0.493 e. The Morgan fingerprint density at radius 1 is 0.964 bits per heavy atom. The fraction of sp³-hybridized carbons (Fsp3) is 0.217. The van der Waals surface area contributed by atoms with Crippen LogP contribution >= 0.6 is 0 Å². The molecule has 0 fully saturated rings. The van der Waals surface area contributed by atoms with Crippen molar-refractivity contribution in [3.05, 3.63) is 89.7 Å². The zero-order chi connectivity index (χ0) is 19.6. The molecule has 0 saturated heterocycles. The summed E-state index contributed by atoms with van der Waals surface area (Å²) in [7, 11) is 0. The first-order valence-electron chi connectivity index (χ1n) is 9.42. The predicted molar refractivity (Wildman–Crippen MR) is 112 cm³/mol. The molecule has 0 spiro atoms. The van der Waals surface area contributed by atoms with Gasteiger partial charge in [0.15, 0.2) is 0 Å². The highest BCUT2D eigenvalue weighted by Gasteiger charge is 2.03. The first-order chi connectivity index (χ1) is 13.7. The van der Waals surface area contributed by atoms with Crippen molar-refractivity contribution in [3.8, 4) is 5.75 Å². The summed E-state index contributed by atoms with van der Waals surface area (Å²) in [6, 6.07) is 21.4. The quantitative estimate of drug-likeness (QED) is 0.614. The molecule has 2 aromatic carbocycles. The summed E-state index contributed by atoms with van der Waals surface area (Å²) < 4.78 is 5.80. The number of nitrogens with one attached hydrogen (secondary N) is 2. The molecule has 28 heavy (non-hydrogen) atoms. The molecule has 0 saturated carbocycles. The van der Waals surface area contributed by atoms with E-state index < -0.39 is 0 Å². The van der Waals surface area contributed by atoms with Gasteiger partial charge in [-0.3, -0.25) is 4.98 Å². The van der Waals surface area contributed by atoms with Crippen LogP contribution in [-0.2, 0) is 12.8 Å². The van der Waals surface area contributed by atoms with E-state index in [9.17, 15) is 4.79 Å². The Morgan fingerprint density at radius 2 is 1.82 bits per heavy atom. The van der Waals surface area contributed by atoms with Gasteiger partial charge in [0, 0.05) is 36.6 Å². The number of nitrogens with zero attached hydrogens (tertiary/aromatic N) is 1. The topological polar surface area (TPSA) is 63.2 Å². The Hall–Kier alpha value is -3.34. The lowest BCUT2D eigenvalue weighted by Gasteiger charge is -2.10. The highest BCUT2D eigenvalue weighted by atomic mass is 16.5. The van der Waals surface area contributed by atoms with E-state index >= 15 is 0 Å². The smallest absolute Gasteiger partial charge is 0.319 e. The second-order valence-corrected chi connectivity index (χ2v) is 6.55. The van der Waals surface area contributed by atoms with Crippen LogP contribution in [0.1, 0.15) is 16.8 Å². The number of amides is 2. The lowest BCUT2D eigenvalue weighted by Crippen LogP contribution is -2.30. The molecule has 0 aliphatic rings. The standard InChI is InChI=1S/C23H25N3O2/c1-18-10-11-20(17-25-18)12-14-24-23(27)26-21-8-5-9-22(16-21)28-15-13-19-6-3-2-4-7-19/h2-11,16-17H,12-15H2,1H3,(H2,24,26,27). The Kier molecular flexibility index (Phi) is 7.01. The third-order valence-corrected chi connectivity index (χ3v) is 4.27. The molecule has 0 aliphatic carbocycles. The molecule has 0 unspecified atom stereocenters. The van der Waals surface area contributed by atoms with Gasteiger partial charge in [-0.2, -0.15) is 0 Å². The van der Waals surface area contributed by atoms with Gasteiger partial charge in [-0.05, 0) is 42.7 Å². The normalized spacial score (nSPS) is 10.3. The maximum Gasteiger partial charge on any atom is 0.319 e. The Morgan fingerprint density at radius 3 is 2.61 bits per heavy atom. The zero-order valence-electron chi connectivity index (χ0n) is 16.0. The first kappa shape index (κ1) is 19.4. The van der Waals surface area contributed by atoms with Crippen LogP contribution in [0.25, 0.3) is 0 Å². The van der Waals surface area contributed by atoms with Gasteiger partial charge in [-0.15, -0.1) is 0 Å². The Balaban J connectivity index is 1.41. The molecule has 3 aromatic rings. The number of aromatic nitrogens is 1. The number of benzene rings is 2. The summed E-state index contributed by atoms with van der Waals surface area (Å²) in [5.74, 6) is 0.736. The van der Waals surface area contributed by atoms with E-state index in [1.54, 1.807) is 0 Å². The van der Waals surface area contributed by atoms with Crippen LogP contribution < -0.4 is 15.4 Å². The lowest BCUT2D eigenvalue weighted by molar-refractivity contribution is 0.252. The average Bonchev–Trinajstić information content (AvgIpc) is 2.71. The third-order valence-electron chi connectivity index (χ3n) is 4.27. The van der Waals surface area contributed by atoms with Crippen molar-refractivity contribution in [1.82, 2.24) is 10.3 Å². The second kappa shape index (κ2) is 10.1. The van der Waals surface area contributed by atoms with E-state index in [4.69, 9.17) is 4.74 Å². The van der Waals surface area contributed by atoms with Crippen LogP contribution in [0.2, 0.25) is 0 Å². The number of pyridine rings is 1. The van der Waals surface area contributed by atoms with Crippen molar-refractivity contribution in [2.75, 3.05) is 18.5 Å². The Labute approximate surface area is 165 Å². The van der Waals surface area contributed by atoms with Gasteiger partial charge in [-0.1, -0.05) is 42.5 Å². The van der Waals surface area contributed by atoms with E-state index in [2.05, 4.69) is 27.8 Å². The maximum absolute atomic E-state index is 12.1. The second-order valence-electron chi connectivity index (χ2n) is 6.55. The van der Waals surface area contributed by atoms with Crippen molar-refractivity contribution in [2.24, 2.45) is 0 Å². The van der Waals surface area contributed by atoms with E-state index in [1.165, 1.54) is 5.56 Å². The number of anilines is 1. The minimum atomic E-state index is -0.235. The van der Waals surface area contributed by atoms with E-state index in [-0.39, 0.29) is 6.03 Å². The molecule has 2 amide bonds. The van der Waals surface area contributed by atoms with Crippen LogP contribution in [0.3, 0.4) is 0 Å². The molecule has 5 nitrogen and oxygen atoms in total. The first-order valence-corrected chi connectivity index (χ1v) is 9.42. The van der Waals surface area contributed by atoms with Crippen molar-refractivity contribution < 1.29 is 9.53 Å². The highest BCUT2D eigenvalue weighted by Crippen LogP contribution is 2.17. The third kappa shape index (κ3) is 6.43. The van der Waals surface area contributed by atoms with Gasteiger partial charge in [0.1, 0.15) is 5.75 Å². The SMILES string of the molecule is Cc1ccc(CCNC(=O)Nc2cccc(OCCc3ccccc3)c2)cn1. The number of hydrogen-bond acceptors (Lipinski definition) is 3. The molecule has 1 aromatic heterocycles. The molecule has 2 N–H and O–H groups in total. The monoisotopic (exact) mass is 375 g/mol. The summed E-state index contributed by atoms with van der Waals surface area (Å²) in [6.45, 7) is 3.09. The van der Waals surface area contributed by atoms with Crippen molar-refractivity contribution in [1.29, 1.82) is 0 Å². The fourth-order valence-electron chi connectivity index (χ4n) is 2.74. The summed E-state index contributed by atoms with van der Waals surface area (Å²) >= 11 is 0. The number of carbonyl (C=O) groups is 1. The summed E-state index contributed by atoms with van der Waals surface area (Å²) in [4.78, 5) is 16.3. The number of hydrogen-bond donors (Lipinski definition) is 2. The molecular weight excluding hydrogens is 350 g/mol. The van der Waals surface area contributed by atoms with Crippen LogP contribution in [0.15, 0.2) is 72.9 Å². The van der Waals surface area contributed by atoms with Crippen molar-refractivity contribution in [3.63, 3.8) is 0 Å². The van der Waals surface area contributed by atoms with E-state index in [0.29, 0.717) is 18.8 Å². The van der Waals surface area contributed by atoms with Gasteiger partial charge < -0.3 is 15.4 Å². The summed E-state index contributed by atoms with van der Waals surface area (Å²) in [5.41, 5.74) is 4.02. The number of rotatable bonds is 8. The molecule has 3 rings (SSSR count). The zero-order valence-corrected chi connectivity index (χ0v) is 16.0.